The van der Waals surface area contributed by atoms with Gasteiger partial charge in [-0.15, -0.1) is 11.3 Å². The SMILES string of the molecule is COCCN(Cc1nc2scc(-c3ccc(C)cc3C)c2c(=O)[nH]1)CC(O)C(C)C. The number of aryl methyl sites for hydroxylation is 2. The van der Waals surface area contributed by atoms with Crippen LogP contribution in [0.25, 0.3) is 21.3 Å². The quantitative estimate of drug-likeness (QED) is 0.542. The van der Waals surface area contributed by atoms with Gasteiger partial charge in [-0.25, -0.2) is 4.98 Å². The highest BCUT2D eigenvalue weighted by Crippen LogP contribution is 2.33. The van der Waals surface area contributed by atoms with E-state index in [-0.39, 0.29) is 11.5 Å². The molecule has 162 valence electrons. The number of thiophene rings is 1. The summed E-state index contributed by atoms with van der Waals surface area (Å²) >= 11 is 1.49. The number of rotatable bonds is 9. The number of aromatic nitrogens is 2. The van der Waals surface area contributed by atoms with E-state index in [1.54, 1.807) is 7.11 Å². The van der Waals surface area contributed by atoms with E-state index in [0.717, 1.165) is 21.5 Å². The lowest BCUT2D eigenvalue weighted by atomic mass is 9.99. The molecular formula is C23H31N3O3S. The van der Waals surface area contributed by atoms with Crippen molar-refractivity contribution in [2.24, 2.45) is 5.92 Å². The highest BCUT2D eigenvalue weighted by atomic mass is 32.1. The van der Waals surface area contributed by atoms with Crippen LogP contribution in [0.15, 0.2) is 28.4 Å². The van der Waals surface area contributed by atoms with Crippen molar-refractivity contribution in [2.45, 2.75) is 40.3 Å². The van der Waals surface area contributed by atoms with Gasteiger partial charge in [0.15, 0.2) is 0 Å². The molecule has 6 nitrogen and oxygen atoms in total. The molecule has 0 fully saturated rings. The first-order chi connectivity index (χ1) is 14.3. The Morgan fingerprint density at radius 1 is 1.27 bits per heavy atom. The summed E-state index contributed by atoms with van der Waals surface area (Å²) in [7, 11) is 1.66. The minimum atomic E-state index is -0.449. The van der Waals surface area contributed by atoms with Gasteiger partial charge < -0.3 is 14.8 Å². The van der Waals surface area contributed by atoms with E-state index < -0.39 is 6.10 Å². The van der Waals surface area contributed by atoms with Crippen molar-refractivity contribution in [1.29, 1.82) is 0 Å². The number of fused-ring (bicyclic) bond motifs is 1. The van der Waals surface area contributed by atoms with Gasteiger partial charge in [0.25, 0.3) is 5.56 Å². The molecule has 0 aliphatic rings. The van der Waals surface area contributed by atoms with Gasteiger partial charge >= 0.3 is 0 Å². The Kier molecular flexibility index (Phi) is 7.41. The number of aliphatic hydroxyl groups excluding tert-OH is 1. The number of H-pyrrole nitrogens is 1. The molecule has 3 aromatic rings. The van der Waals surface area contributed by atoms with Crippen molar-refractivity contribution >= 4 is 21.6 Å². The molecule has 1 atom stereocenters. The second-order valence-corrected chi connectivity index (χ2v) is 9.06. The monoisotopic (exact) mass is 429 g/mol. The molecule has 0 saturated carbocycles. The zero-order valence-corrected chi connectivity index (χ0v) is 19.2. The lowest BCUT2D eigenvalue weighted by Gasteiger charge is -2.26. The Bertz CT molecular complexity index is 1060. The van der Waals surface area contributed by atoms with E-state index in [1.807, 2.05) is 19.2 Å². The Hall–Kier alpha value is -2.06. The van der Waals surface area contributed by atoms with Gasteiger partial charge in [0.1, 0.15) is 10.7 Å². The Morgan fingerprint density at radius 3 is 2.70 bits per heavy atom. The molecule has 0 radical (unpaired) electrons. The van der Waals surface area contributed by atoms with Gasteiger partial charge in [0.05, 0.1) is 24.6 Å². The third kappa shape index (κ3) is 5.16. The van der Waals surface area contributed by atoms with Gasteiger partial charge in [0.2, 0.25) is 0 Å². The average Bonchev–Trinajstić information content (AvgIpc) is 3.10. The number of hydrogen-bond donors (Lipinski definition) is 2. The van der Waals surface area contributed by atoms with Crippen LogP contribution in [0.4, 0.5) is 0 Å². The van der Waals surface area contributed by atoms with Crippen LogP contribution in [-0.2, 0) is 11.3 Å². The molecule has 2 heterocycles. The summed E-state index contributed by atoms with van der Waals surface area (Å²) in [5.74, 6) is 0.760. The predicted octanol–water partition coefficient (Wildman–Crippen LogP) is 3.73. The summed E-state index contributed by atoms with van der Waals surface area (Å²) in [4.78, 5) is 23.5. The molecule has 0 bridgehead atoms. The zero-order chi connectivity index (χ0) is 21.8. The van der Waals surface area contributed by atoms with Crippen LogP contribution in [0.3, 0.4) is 0 Å². The smallest absolute Gasteiger partial charge is 0.260 e. The van der Waals surface area contributed by atoms with Crippen LogP contribution in [-0.4, -0.2) is 52.9 Å². The van der Waals surface area contributed by atoms with Crippen molar-refractivity contribution in [1.82, 2.24) is 14.9 Å². The maximum atomic E-state index is 13.0. The van der Waals surface area contributed by atoms with Crippen molar-refractivity contribution in [3.63, 3.8) is 0 Å². The van der Waals surface area contributed by atoms with Crippen LogP contribution in [0.5, 0.6) is 0 Å². The number of nitrogens with zero attached hydrogens (tertiary/aromatic N) is 2. The first-order valence-electron chi connectivity index (χ1n) is 10.3. The van der Waals surface area contributed by atoms with Gasteiger partial charge in [0, 0.05) is 31.1 Å². The topological polar surface area (TPSA) is 78.5 Å². The molecule has 0 amide bonds. The molecule has 0 saturated heterocycles. The third-order valence-corrected chi connectivity index (χ3v) is 6.24. The van der Waals surface area contributed by atoms with Gasteiger partial charge in [-0.2, -0.15) is 0 Å². The summed E-state index contributed by atoms with van der Waals surface area (Å²) in [6.07, 6.45) is -0.449. The molecule has 0 aliphatic heterocycles. The number of methoxy groups -OCH3 is 1. The standard InChI is InChI=1S/C23H31N3O3S/c1-14(2)19(27)11-26(8-9-29-5)12-20-24-22(28)21-18(13-30-23(21)25-20)17-7-6-15(3)10-16(17)4/h6-7,10,13-14,19,27H,8-9,11-12H2,1-5H3,(H,24,25,28). The lowest BCUT2D eigenvalue weighted by molar-refractivity contribution is 0.0581. The minimum Gasteiger partial charge on any atom is -0.392 e. The van der Waals surface area contributed by atoms with E-state index in [1.165, 1.54) is 16.9 Å². The summed E-state index contributed by atoms with van der Waals surface area (Å²) < 4.78 is 5.20. The number of aromatic amines is 1. The largest absolute Gasteiger partial charge is 0.392 e. The Morgan fingerprint density at radius 2 is 2.03 bits per heavy atom. The Labute approximate surface area is 181 Å². The van der Waals surface area contributed by atoms with E-state index in [2.05, 4.69) is 41.9 Å². The molecule has 7 heteroatoms. The van der Waals surface area contributed by atoms with Crippen LogP contribution in [0.1, 0.15) is 30.8 Å². The predicted molar refractivity (Wildman–Crippen MR) is 123 cm³/mol. The normalized spacial score (nSPS) is 12.9. The Balaban J connectivity index is 1.92. The molecule has 1 aromatic carbocycles. The fraction of sp³-hybridized carbons (Fsp3) is 0.478. The zero-order valence-electron chi connectivity index (χ0n) is 18.4. The van der Waals surface area contributed by atoms with Crippen LogP contribution in [0, 0.1) is 19.8 Å². The summed E-state index contributed by atoms with van der Waals surface area (Å²) in [6, 6.07) is 6.26. The summed E-state index contributed by atoms with van der Waals surface area (Å²) in [6.45, 7) is 10.3. The molecular weight excluding hydrogens is 398 g/mol. The number of aliphatic hydroxyl groups is 1. The van der Waals surface area contributed by atoms with E-state index >= 15 is 0 Å². The maximum Gasteiger partial charge on any atom is 0.260 e. The lowest BCUT2D eigenvalue weighted by Crippen LogP contribution is -2.37. The van der Waals surface area contributed by atoms with Crippen molar-refractivity contribution in [3.8, 4) is 11.1 Å². The molecule has 0 aliphatic carbocycles. The summed E-state index contributed by atoms with van der Waals surface area (Å²) in [5, 5.41) is 13.0. The van der Waals surface area contributed by atoms with Gasteiger partial charge in [-0.05, 0) is 30.9 Å². The fourth-order valence-electron chi connectivity index (χ4n) is 3.52. The number of hydrogen-bond acceptors (Lipinski definition) is 6. The first kappa shape index (κ1) is 22.6. The second kappa shape index (κ2) is 9.83. The minimum absolute atomic E-state index is 0.123. The van der Waals surface area contributed by atoms with E-state index in [4.69, 9.17) is 9.72 Å². The molecule has 2 aromatic heterocycles. The van der Waals surface area contributed by atoms with Crippen LogP contribution >= 0.6 is 11.3 Å². The summed E-state index contributed by atoms with van der Waals surface area (Å²) in [5.41, 5.74) is 4.21. The van der Waals surface area contributed by atoms with Crippen LogP contribution < -0.4 is 5.56 Å². The molecule has 2 N–H and O–H groups in total. The molecule has 0 spiro atoms. The van der Waals surface area contributed by atoms with Crippen molar-refractivity contribution < 1.29 is 9.84 Å². The third-order valence-electron chi connectivity index (χ3n) is 5.36. The molecule has 1 unspecified atom stereocenters. The highest BCUT2D eigenvalue weighted by molar-refractivity contribution is 7.17. The molecule has 30 heavy (non-hydrogen) atoms. The first-order valence-corrected chi connectivity index (χ1v) is 11.2. The number of benzene rings is 1. The number of ether oxygens (including phenoxy) is 1. The highest BCUT2D eigenvalue weighted by Gasteiger charge is 2.18. The van der Waals surface area contributed by atoms with E-state index in [9.17, 15) is 9.90 Å². The average molecular weight is 430 g/mol. The maximum absolute atomic E-state index is 13.0. The van der Waals surface area contributed by atoms with E-state index in [0.29, 0.717) is 37.5 Å². The van der Waals surface area contributed by atoms with Gasteiger partial charge in [-0.3, -0.25) is 9.69 Å². The van der Waals surface area contributed by atoms with Crippen LogP contribution in [0.2, 0.25) is 0 Å². The van der Waals surface area contributed by atoms with Crippen molar-refractivity contribution in [2.75, 3.05) is 26.8 Å². The van der Waals surface area contributed by atoms with Crippen molar-refractivity contribution in [3.05, 3.63) is 50.9 Å². The van der Waals surface area contributed by atoms with Gasteiger partial charge in [-0.1, -0.05) is 37.6 Å². The second-order valence-electron chi connectivity index (χ2n) is 8.20. The number of nitrogens with one attached hydrogen (secondary N) is 1. The molecule has 3 rings (SSSR count). The fourth-order valence-corrected chi connectivity index (χ4v) is 4.48.